The van der Waals surface area contributed by atoms with Crippen molar-refractivity contribution < 1.29 is 29.0 Å². The van der Waals surface area contributed by atoms with Gasteiger partial charge in [0.05, 0.1) is 35.2 Å². The van der Waals surface area contributed by atoms with E-state index in [1.165, 1.54) is 19.4 Å². The van der Waals surface area contributed by atoms with Crippen molar-refractivity contribution in [3.63, 3.8) is 0 Å². The van der Waals surface area contributed by atoms with Gasteiger partial charge in [-0.05, 0) is 69.6 Å². The van der Waals surface area contributed by atoms with E-state index >= 15 is 0 Å². The monoisotopic (exact) mass is 524 g/mol. The van der Waals surface area contributed by atoms with Gasteiger partial charge in [-0.25, -0.2) is 4.79 Å². The summed E-state index contributed by atoms with van der Waals surface area (Å²) in [5.74, 6) is -0.953. The number of hydrogen-bond acceptors (Lipinski definition) is 6. The molecule has 1 aliphatic heterocycles. The van der Waals surface area contributed by atoms with E-state index in [1.807, 2.05) is 12.2 Å². The first-order valence-corrected chi connectivity index (χ1v) is 11.6. The van der Waals surface area contributed by atoms with Gasteiger partial charge in [-0.2, -0.15) is 10.1 Å². The number of carbonyl (C=O) groups is 3. The number of carboxylic acid groups (broad SMARTS) is 1. The van der Waals surface area contributed by atoms with Gasteiger partial charge >= 0.3 is 5.97 Å². The van der Waals surface area contributed by atoms with Crippen LogP contribution in [0.25, 0.3) is 0 Å². The van der Waals surface area contributed by atoms with Crippen molar-refractivity contribution in [2.45, 2.75) is 13.0 Å². The van der Waals surface area contributed by atoms with Gasteiger partial charge < -0.3 is 14.6 Å². The topological polar surface area (TPSA) is 106 Å². The number of benzene rings is 2. The maximum Gasteiger partial charge on any atom is 0.335 e. The number of nitrogens with zero attached hydrogens (tertiary/aromatic N) is 2. The lowest BCUT2D eigenvalue weighted by Crippen LogP contribution is -2.28. The Labute approximate surface area is 204 Å². The number of methoxy groups -OCH3 is 1. The first-order valence-electron chi connectivity index (χ1n) is 10.8. The van der Waals surface area contributed by atoms with Crippen LogP contribution < -0.4 is 9.47 Å². The number of allylic oxidation sites excluding steroid dienone is 2. The van der Waals surface area contributed by atoms with E-state index in [4.69, 9.17) is 14.6 Å². The second-order valence-electron chi connectivity index (χ2n) is 8.56. The second-order valence-corrected chi connectivity index (χ2v) is 9.42. The quantitative estimate of drug-likeness (QED) is 0.334. The smallest absolute Gasteiger partial charge is 0.335 e. The molecule has 0 aromatic heterocycles. The molecule has 2 amide bonds. The molecule has 1 saturated heterocycles. The highest BCUT2D eigenvalue weighted by molar-refractivity contribution is 9.10. The Balaban J connectivity index is 1.32. The Hall–Kier alpha value is -3.46. The van der Waals surface area contributed by atoms with Gasteiger partial charge in [0.25, 0.3) is 11.8 Å². The largest absolute Gasteiger partial charge is 0.493 e. The third-order valence-electron chi connectivity index (χ3n) is 6.58. The predicted molar refractivity (Wildman–Crippen MR) is 126 cm³/mol. The second kappa shape index (κ2) is 8.72. The van der Waals surface area contributed by atoms with Crippen molar-refractivity contribution in [3.05, 3.63) is 69.7 Å². The molecule has 2 bridgehead atoms. The Morgan fingerprint density at radius 3 is 2.53 bits per heavy atom. The summed E-state index contributed by atoms with van der Waals surface area (Å²) >= 11 is 3.47. The summed E-state index contributed by atoms with van der Waals surface area (Å²) in [5.41, 5.74) is 1.49. The fourth-order valence-electron chi connectivity index (χ4n) is 5.03. The molecule has 1 N–H and O–H groups in total. The van der Waals surface area contributed by atoms with Crippen LogP contribution in [0.15, 0.2) is 58.1 Å². The van der Waals surface area contributed by atoms with E-state index in [-0.39, 0.29) is 47.7 Å². The normalized spacial score (nSPS) is 24.8. The third kappa shape index (κ3) is 3.79. The molecule has 4 atom stereocenters. The summed E-state index contributed by atoms with van der Waals surface area (Å²) in [6.45, 7) is 0.138. The molecule has 174 valence electrons. The Morgan fingerprint density at radius 2 is 1.88 bits per heavy atom. The van der Waals surface area contributed by atoms with Crippen LogP contribution in [-0.4, -0.2) is 41.2 Å². The average Bonchev–Trinajstić information content (AvgIpc) is 3.51. The summed E-state index contributed by atoms with van der Waals surface area (Å²) in [6.07, 6.45) is 6.42. The average molecular weight is 525 g/mol. The molecule has 0 spiro atoms. The highest BCUT2D eigenvalue weighted by atomic mass is 79.9. The lowest BCUT2D eigenvalue weighted by Gasteiger charge is -2.14. The van der Waals surface area contributed by atoms with E-state index in [9.17, 15) is 14.4 Å². The lowest BCUT2D eigenvalue weighted by molar-refractivity contribution is -0.140. The fraction of sp³-hybridized carbons (Fsp3) is 0.280. The summed E-state index contributed by atoms with van der Waals surface area (Å²) in [7, 11) is 1.50. The fourth-order valence-corrected chi connectivity index (χ4v) is 5.60. The number of halogens is 1. The van der Waals surface area contributed by atoms with Crippen molar-refractivity contribution in [3.8, 4) is 11.5 Å². The van der Waals surface area contributed by atoms with Crippen molar-refractivity contribution >= 4 is 39.9 Å². The van der Waals surface area contributed by atoms with Crippen LogP contribution in [0.2, 0.25) is 0 Å². The first-order chi connectivity index (χ1) is 16.4. The molecule has 1 saturated carbocycles. The number of hydrazone groups is 1. The van der Waals surface area contributed by atoms with E-state index < -0.39 is 5.97 Å². The molecular weight excluding hydrogens is 504 g/mol. The minimum Gasteiger partial charge on any atom is -0.493 e. The van der Waals surface area contributed by atoms with Crippen LogP contribution in [0.1, 0.15) is 27.9 Å². The zero-order chi connectivity index (χ0) is 24.0. The Bertz CT molecular complexity index is 1230. The molecule has 9 heteroatoms. The lowest BCUT2D eigenvalue weighted by atomic mass is 9.85. The third-order valence-corrected chi connectivity index (χ3v) is 7.17. The van der Waals surface area contributed by atoms with Crippen molar-refractivity contribution in [1.82, 2.24) is 5.01 Å². The minimum absolute atomic E-state index is 0.133. The van der Waals surface area contributed by atoms with Gasteiger partial charge in [-0.1, -0.05) is 24.3 Å². The summed E-state index contributed by atoms with van der Waals surface area (Å²) in [5, 5.41) is 14.4. The predicted octanol–water partition coefficient (Wildman–Crippen LogP) is 3.88. The number of carbonyl (C=O) groups excluding carboxylic acids is 2. The number of ether oxygens (including phenoxy) is 2. The number of aromatic carboxylic acids is 1. The molecule has 3 aliphatic rings. The van der Waals surface area contributed by atoms with Crippen LogP contribution in [-0.2, 0) is 16.2 Å². The van der Waals surface area contributed by atoms with Crippen molar-refractivity contribution in [2.75, 3.05) is 7.11 Å². The zero-order valence-electron chi connectivity index (χ0n) is 18.2. The number of fused-ring (bicyclic) bond motifs is 5. The standard InChI is InChI=1S/C25H21BrN2O6/c1-33-19-9-14(8-18(26)22(19)34-12-13-3-2-4-17(7-13)25(31)32)11-27-28-23(29)20-15-5-6-16(10-15)21(20)24(28)30/h2-9,11,15-16,20-21H,10,12H2,1H3,(H,31,32)/t15-,16-,20-,21+/m0/s1. The molecule has 2 aliphatic carbocycles. The highest BCUT2D eigenvalue weighted by Crippen LogP contribution is 2.52. The van der Waals surface area contributed by atoms with Crippen LogP contribution in [0.4, 0.5) is 0 Å². The number of amides is 2. The summed E-state index contributed by atoms with van der Waals surface area (Å²) < 4.78 is 11.9. The first kappa shape index (κ1) is 22.3. The molecule has 0 unspecified atom stereocenters. The maximum atomic E-state index is 12.8. The van der Waals surface area contributed by atoms with Gasteiger partial charge in [0.15, 0.2) is 11.5 Å². The molecule has 2 aromatic rings. The Morgan fingerprint density at radius 1 is 1.18 bits per heavy atom. The van der Waals surface area contributed by atoms with Crippen LogP contribution >= 0.6 is 15.9 Å². The molecule has 8 nitrogen and oxygen atoms in total. The molecule has 5 rings (SSSR count). The van der Waals surface area contributed by atoms with Gasteiger partial charge in [0.2, 0.25) is 0 Å². The summed E-state index contributed by atoms with van der Waals surface area (Å²) in [6, 6.07) is 9.92. The molecule has 0 radical (unpaired) electrons. The van der Waals surface area contributed by atoms with Crippen molar-refractivity contribution in [2.24, 2.45) is 28.8 Å². The van der Waals surface area contributed by atoms with E-state index in [1.54, 1.807) is 30.3 Å². The van der Waals surface area contributed by atoms with E-state index in [0.717, 1.165) is 11.4 Å². The molecule has 2 aromatic carbocycles. The van der Waals surface area contributed by atoms with E-state index in [0.29, 0.717) is 27.1 Å². The molecule has 34 heavy (non-hydrogen) atoms. The zero-order valence-corrected chi connectivity index (χ0v) is 19.8. The van der Waals surface area contributed by atoms with Crippen LogP contribution in [0.3, 0.4) is 0 Å². The molecule has 2 fully saturated rings. The van der Waals surface area contributed by atoms with Gasteiger partial charge in [-0.3, -0.25) is 9.59 Å². The maximum absolute atomic E-state index is 12.8. The van der Waals surface area contributed by atoms with Gasteiger partial charge in [-0.15, -0.1) is 0 Å². The number of carboxylic acids is 1. The van der Waals surface area contributed by atoms with Gasteiger partial charge in [0, 0.05) is 0 Å². The Kier molecular flexibility index (Phi) is 5.73. The minimum atomic E-state index is -1.01. The van der Waals surface area contributed by atoms with E-state index in [2.05, 4.69) is 21.0 Å². The summed E-state index contributed by atoms with van der Waals surface area (Å²) in [4.78, 5) is 36.8. The van der Waals surface area contributed by atoms with Crippen LogP contribution in [0, 0.1) is 23.7 Å². The SMILES string of the molecule is COc1cc(C=NN2C(=O)[C@@H]3[C@H](C2=O)[C@H]2C=C[C@H]3C2)cc(Br)c1OCc1cccc(C(=O)O)c1. The number of imide groups is 1. The molecule has 1 heterocycles. The van der Waals surface area contributed by atoms with Crippen LogP contribution in [0.5, 0.6) is 11.5 Å². The number of hydrogen-bond donors (Lipinski definition) is 1. The van der Waals surface area contributed by atoms with Crippen molar-refractivity contribution in [1.29, 1.82) is 0 Å². The number of rotatable bonds is 7. The molecular formula is C25H21BrN2O6. The van der Waals surface area contributed by atoms with Gasteiger partial charge in [0.1, 0.15) is 6.61 Å². The highest BCUT2D eigenvalue weighted by Gasteiger charge is 2.59.